The van der Waals surface area contributed by atoms with E-state index in [2.05, 4.69) is 77.6 Å². The first-order valence-corrected chi connectivity index (χ1v) is 10.2. The van der Waals surface area contributed by atoms with Crippen LogP contribution in [0, 0.1) is 26.8 Å². The number of benzene rings is 2. The average molecular weight is 607 g/mol. The van der Waals surface area contributed by atoms with E-state index >= 15 is 0 Å². The molecule has 0 fully saturated rings. The van der Waals surface area contributed by atoms with Crippen LogP contribution in [0.1, 0.15) is 32.6 Å². The van der Waals surface area contributed by atoms with Crippen LogP contribution in [0.3, 0.4) is 0 Å². The van der Waals surface area contributed by atoms with Gasteiger partial charge in [-0.3, -0.25) is 0 Å². The van der Waals surface area contributed by atoms with Gasteiger partial charge < -0.3 is 28.4 Å². The molecule has 3 heterocycles. The second kappa shape index (κ2) is 8.36. The number of aromatic nitrogens is 4. The Labute approximate surface area is 200 Å². The molecule has 0 aliphatic carbocycles. The maximum absolute atomic E-state index is 11.2. The maximum atomic E-state index is 11.2. The summed E-state index contributed by atoms with van der Waals surface area (Å²) < 4.78 is 8.42. The fraction of sp³-hybridized carbons (Fsp3) is 0.160. The molecule has 2 aromatic carbocycles. The van der Waals surface area contributed by atoms with Crippen molar-refractivity contribution >= 4 is 5.97 Å². The molecule has 0 saturated carbocycles. The normalized spacial score (nSPS) is 11.1. The predicted octanol–water partition coefficient (Wildman–Crippen LogP) is 4.77. The van der Waals surface area contributed by atoms with E-state index in [0.29, 0.717) is 6.54 Å². The van der Waals surface area contributed by atoms with E-state index in [1.807, 2.05) is 23.2 Å². The van der Waals surface area contributed by atoms with Crippen LogP contribution in [0.2, 0.25) is 0 Å². The average Bonchev–Trinajstić information content (AvgIpc) is 3.30. The molecular formula is C25H23N4O2Pt-3. The van der Waals surface area contributed by atoms with Crippen LogP contribution in [0.4, 0.5) is 0 Å². The Morgan fingerprint density at radius 1 is 0.969 bits per heavy atom. The first kappa shape index (κ1) is 22.0. The third-order valence-corrected chi connectivity index (χ3v) is 5.58. The Bertz CT molecular complexity index is 1360. The van der Waals surface area contributed by atoms with Gasteiger partial charge >= 0.3 is 0 Å². The molecule has 0 atom stereocenters. The van der Waals surface area contributed by atoms with Gasteiger partial charge in [0.15, 0.2) is 0 Å². The molecule has 2 aromatic rings. The summed E-state index contributed by atoms with van der Waals surface area (Å²) in [5.41, 5.74) is 8.07. The third-order valence-electron chi connectivity index (χ3n) is 5.58. The number of hydrogen-bond acceptors (Lipinski definition) is 1. The van der Waals surface area contributed by atoms with Crippen LogP contribution in [-0.2, 0) is 27.6 Å². The van der Waals surface area contributed by atoms with Gasteiger partial charge in [0, 0.05) is 33.9 Å². The van der Waals surface area contributed by atoms with E-state index in [1.165, 1.54) is 22.4 Å². The fourth-order valence-corrected chi connectivity index (χ4v) is 4.38. The van der Waals surface area contributed by atoms with Crippen molar-refractivity contribution in [1.82, 2.24) is 18.5 Å². The van der Waals surface area contributed by atoms with E-state index in [-0.39, 0.29) is 26.6 Å². The van der Waals surface area contributed by atoms with Crippen molar-refractivity contribution < 1.29 is 31.0 Å². The first-order chi connectivity index (χ1) is 14.9. The molecule has 0 unspecified atom stereocenters. The topological polar surface area (TPSA) is 57.0 Å². The Hall–Kier alpha value is -3.24. The standard InChI is InChI=1S/C25H23N4O2.Pt/c1-17-9-18(2)24(19(3)10-17)27-14-23-8-7-22-13-26(15-28(22)29(23)16-27)12-20-5-4-6-21(11-20)25(30)31;/h4-10,13-16H,12H2,1-3H3,(H,30,31);/q-3;. The summed E-state index contributed by atoms with van der Waals surface area (Å²) in [5, 5.41) is 9.21. The predicted molar refractivity (Wildman–Crippen MR) is 119 cm³/mol. The minimum Gasteiger partial charge on any atom is -0.521 e. The van der Waals surface area contributed by atoms with Gasteiger partial charge in [0.05, 0.1) is 0 Å². The zero-order valence-electron chi connectivity index (χ0n) is 18.0. The minimum absolute atomic E-state index is 0. The minimum atomic E-state index is -0.964. The SMILES string of the molecule is Cc1cc(C)c(-n2cc3ccc4cn(Cc5[c-]c(C(=O)O)ccc5)[cH-]n-4n-3[cH-]2)c(C)c1.[Pt]. The molecule has 168 valence electrons. The molecule has 1 N–H and O–H groups in total. The van der Waals surface area contributed by atoms with Crippen molar-refractivity contribution in [2.75, 3.05) is 0 Å². The third kappa shape index (κ3) is 3.87. The van der Waals surface area contributed by atoms with Gasteiger partial charge in [0.25, 0.3) is 0 Å². The summed E-state index contributed by atoms with van der Waals surface area (Å²) in [7, 11) is 0. The summed E-state index contributed by atoms with van der Waals surface area (Å²) in [6.07, 6.45) is 8.29. The van der Waals surface area contributed by atoms with Crippen LogP contribution < -0.4 is 0 Å². The summed E-state index contributed by atoms with van der Waals surface area (Å²) >= 11 is 0. The molecule has 5 rings (SSSR count). The van der Waals surface area contributed by atoms with E-state index in [0.717, 1.165) is 16.9 Å². The van der Waals surface area contributed by atoms with Gasteiger partial charge in [0.2, 0.25) is 5.97 Å². The number of aromatic carboxylic acids is 1. The quantitative estimate of drug-likeness (QED) is 0.300. The zero-order valence-corrected chi connectivity index (χ0v) is 20.3. The van der Waals surface area contributed by atoms with Crippen LogP contribution in [0.15, 0.2) is 67.5 Å². The van der Waals surface area contributed by atoms with Crippen molar-refractivity contribution in [3.05, 3.63) is 101 Å². The molecule has 0 amide bonds. The summed E-state index contributed by atoms with van der Waals surface area (Å²) in [5.74, 6) is -0.964. The summed E-state index contributed by atoms with van der Waals surface area (Å²) in [6.45, 7) is 6.95. The molecule has 32 heavy (non-hydrogen) atoms. The Morgan fingerprint density at radius 3 is 2.31 bits per heavy atom. The van der Waals surface area contributed by atoms with Gasteiger partial charge in [-0.25, -0.2) is 0 Å². The molecular weight excluding hydrogens is 583 g/mol. The number of fused-ring (bicyclic) bond motifs is 3. The number of carbonyl (C=O) groups is 1. The molecule has 3 aliphatic rings. The first-order valence-electron chi connectivity index (χ1n) is 10.2. The van der Waals surface area contributed by atoms with E-state index in [1.54, 1.807) is 12.1 Å². The number of carboxylic acid groups (broad SMARTS) is 1. The molecule has 3 aliphatic heterocycles. The van der Waals surface area contributed by atoms with Crippen LogP contribution in [0.25, 0.3) is 17.1 Å². The molecule has 0 aromatic heterocycles. The van der Waals surface area contributed by atoms with Crippen molar-refractivity contribution in [1.29, 1.82) is 0 Å². The van der Waals surface area contributed by atoms with E-state index in [4.69, 9.17) is 0 Å². The summed E-state index contributed by atoms with van der Waals surface area (Å²) in [4.78, 5) is 11.2. The van der Waals surface area contributed by atoms with Gasteiger partial charge in [-0.2, -0.15) is 0 Å². The molecule has 0 bridgehead atoms. The fourth-order valence-electron chi connectivity index (χ4n) is 4.38. The number of rotatable bonds is 4. The molecule has 0 saturated heterocycles. The summed E-state index contributed by atoms with van der Waals surface area (Å²) in [6, 6.07) is 16.8. The number of aryl methyl sites for hydroxylation is 3. The second-order valence-corrected chi connectivity index (χ2v) is 8.08. The molecule has 7 heteroatoms. The van der Waals surface area contributed by atoms with Gasteiger partial charge in [-0.15, -0.1) is 42.1 Å². The largest absolute Gasteiger partial charge is 0.521 e. The number of nitrogens with zero attached hydrogens (tertiary/aromatic N) is 4. The van der Waals surface area contributed by atoms with E-state index < -0.39 is 5.97 Å². The second-order valence-electron chi connectivity index (χ2n) is 8.08. The number of imidazole rings is 2. The van der Waals surface area contributed by atoms with Crippen molar-refractivity contribution in [2.45, 2.75) is 27.3 Å². The number of hydrogen-bond donors (Lipinski definition) is 1. The molecule has 0 radical (unpaired) electrons. The van der Waals surface area contributed by atoms with Crippen LogP contribution >= 0.6 is 0 Å². The van der Waals surface area contributed by atoms with Crippen molar-refractivity contribution in [3.8, 4) is 17.1 Å². The zero-order chi connectivity index (χ0) is 21.7. The van der Waals surface area contributed by atoms with Crippen LogP contribution in [0.5, 0.6) is 0 Å². The van der Waals surface area contributed by atoms with Gasteiger partial charge in [0.1, 0.15) is 0 Å². The maximum Gasteiger partial charge on any atom is 0.247 e. The monoisotopic (exact) mass is 606 g/mol. The van der Waals surface area contributed by atoms with Crippen molar-refractivity contribution in [3.63, 3.8) is 0 Å². The number of carboxylic acids is 1. The van der Waals surface area contributed by atoms with Gasteiger partial charge in [-0.05, 0) is 38.5 Å². The Balaban J connectivity index is 0.00000245. The molecule has 6 nitrogen and oxygen atoms in total. The Morgan fingerprint density at radius 2 is 1.62 bits per heavy atom. The van der Waals surface area contributed by atoms with Crippen molar-refractivity contribution in [2.24, 2.45) is 0 Å². The Kier molecular flexibility index (Phi) is 5.74. The van der Waals surface area contributed by atoms with Gasteiger partial charge in [-0.1, -0.05) is 52.3 Å². The van der Waals surface area contributed by atoms with E-state index in [9.17, 15) is 9.90 Å². The smallest absolute Gasteiger partial charge is 0.247 e. The molecule has 0 spiro atoms. The van der Waals surface area contributed by atoms with Crippen LogP contribution in [-0.4, -0.2) is 29.6 Å².